The first-order valence-corrected chi connectivity index (χ1v) is 11.7. The molecule has 1 fully saturated rings. The molecule has 1 saturated heterocycles. The number of nitrogens with zero attached hydrogens (tertiary/aromatic N) is 3. The number of pyridine rings is 1. The van der Waals surface area contributed by atoms with E-state index in [2.05, 4.69) is 36.6 Å². The molecule has 178 valence electrons. The molecule has 4 aromatic rings. The number of amides is 1. The highest BCUT2D eigenvalue weighted by Gasteiger charge is 2.12. The van der Waals surface area contributed by atoms with Crippen LogP contribution < -0.4 is 15.5 Å². The number of benzene rings is 2. The van der Waals surface area contributed by atoms with Crippen LogP contribution in [0.15, 0.2) is 73.2 Å². The second-order valence-corrected chi connectivity index (χ2v) is 8.46. The first-order valence-electron chi connectivity index (χ1n) is 11.7. The number of carbonyl (C=O) groups excluding carboxylic acids is 1. The van der Waals surface area contributed by atoms with Gasteiger partial charge in [0.1, 0.15) is 5.82 Å². The average molecular weight is 469 g/mol. The summed E-state index contributed by atoms with van der Waals surface area (Å²) < 4.78 is 5.41. The van der Waals surface area contributed by atoms with Gasteiger partial charge in [0.2, 0.25) is 0 Å². The van der Waals surface area contributed by atoms with Gasteiger partial charge in [0.25, 0.3) is 5.91 Å². The Labute approximate surface area is 204 Å². The number of aromatic amines is 1. The van der Waals surface area contributed by atoms with Crippen molar-refractivity contribution in [2.75, 3.05) is 41.8 Å². The number of anilines is 3. The van der Waals surface area contributed by atoms with Gasteiger partial charge in [-0.2, -0.15) is 0 Å². The van der Waals surface area contributed by atoms with Crippen LogP contribution in [0.4, 0.5) is 17.1 Å². The Bertz CT molecular complexity index is 1260. The van der Waals surface area contributed by atoms with Crippen molar-refractivity contribution in [3.63, 3.8) is 0 Å². The van der Waals surface area contributed by atoms with Crippen LogP contribution in [0.2, 0.25) is 0 Å². The number of hydrogen-bond donors (Lipinski definition) is 3. The molecule has 5 rings (SSSR count). The molecular formula is C27H28N6O2. The third kappa shape index (κ3) is 5.50. The maximum atomic E-state index is 12.8. The van der Waals surface area contributed by atoms with Crippen molar-refractivity contribution >= 4 is 23.0 Å². The van der Waals surface area contributed by atoms with E-state index in [9.17, 15) is 4.79 Å². The van der Waals surface area contributed by atoms with E-state index in [0.717, 1.165) is 66.0 Å². The highest BCUT2D eigenvalue weighted by Crippen LogP contribution is 2.24. The van der Waals surface area contributed by atoms with E-state index < -0.39 is 0 Å². The zero-order chi connectivity index (χ0) is 24.0. The largest absolute Gasteiger partial charge is 0.379 e. The Morgan fingerprint density at radius 2 is 1.89 bits per heavy atom. The van der Waals surface area contributed by atoms with Gasteiger partial charge in [-0.25, -0.2) is 4.98 Å². The molecule has 1 aliphatic rings. The third-order valence-electron chi connectivity index (χ3n) is 6.06. The number of carbonyl (C=O) groups is 1. The van der Waals surface area contributed by atoms with Gasteiger partial charge in [0, 0.05) is 48.0 Å². The summed E-state index contributed by atoms with van der Waals surface area (Å²) in [6, 6.07) is 17.5. The molecule has 3 N–H and O–H groups in total. The highest BCUT2D eigenvalue weighted by molar-refractivity contribution is 6.05. The monoisotopic (exact) mass is 468 g/mol. The Balaban J connectivity index is 1.18. The Morgan fingerprint density at radius 1 is 1.06 bits per heavy atom. The van der Waals surface area contributed by atoms with Crippen molar-refractivity contribution in [2.45, 2.75) is 13.5 Å². The van der Waals surface area contributed by atoms with Gasteiger partial charge in [0.05, 0.1) is 37.3 Å². The lowest BCUT2D eigenvalue weighted by Gasteiger charge is -2.28. The smallest absolute Gasteiger partial charge is 0.255 e. The lowest BCUT2D eigenvalue weighted by molar-refractivity contribution is 0.102. The molecule has 0 aliphatic carbocycles. The summed E-state index contributed by atoms with van der Waals surface area (Å²) in [5, 5.41) is 6.39. The molecular weight excluding hydrogens is 440 g/mol. The fraction of sp³-hybridized carbons (Fsp3) is 0.222. The summed E-state index contributed by atoms with van der Waals surface area (Å²) in [5.74, 6) is 0.609. The Morgan fingerprint density at radius 3 is 2.60 bits per heavy atom. The maximum absolute atomic E-state index is 12.8. The van der Waals surface area contributed by atoms with Crippen LogP contribution in [-0.2, 0) is 11.3 Å². The number of H-pyrrole nitrogens is 1. The molecule has 2 aromatic heterocycles. The lowest BCUT2D eigenvalue weighted by atomic mass is 10.1. The lowest BCUT2D eigenvalue weighted by Crippen LogP contribution is -2.36. The number of hydrogen-bond acceptors (Lipinski definition) is 6. The standard InChI is InChI=1S/C27H28N6O2/c1-19-2-3-21(26-28-10-11-29-26)16-25(19)32-27(34)20-4-6-22(7-5-20)30-17-23-8-9-24(18-31-23)33-12-14-35-15-13-33/h2-11,16,18,30H,12-15,17H2,1H3,(H,28,29)(H,32,34). The third-order valence-corrected chi connectivity index (χ3v) is 6.06. The molecule has 0 unspecified atom stereocenters. The van der Waals surface area contributed by atoms with Crippen LogP contribution in [0.1, 0.15) is 21.6 Å². The molecule has 0 atom stereocenters. The van der Waals surface area contributed by atoms with E-state index in [1.54, 1.807) is 12.4 Å². The van der Waals surface area contributed by atoms with Crippen molar-refractivity contribution in [2.24, 2.45) is 0 Å². The summed E-state index contributed by atoms with van der Waals surface area (Å²) in [7, 11) is 0. The first kappa shape index (κ1) is 22.6. The van der Waals surface area contributed by atoms with Crippen molar-refractivity contribution in [1.82, 2.24) is 15.0 Å². The van der Waals surface area contributed by atoms with Crippen LogP contribution in [-0.4, -0.2) is 47.2 Å². The normalized spacial score (nSPS) is 13.5. The number of aryl methyl sites for hydroxylation is 1. The van der Waals surface area contributed by atoms with Gasteiger partial charge in [-0.05, 0) is 55.0 Å². The summed E-state index contributed by atoms with van der Waals surface area (Å²) in [5.41, 5.74) is 6.26. The first-order chi connectivity index (χ1) is 17.2. The molecule has 8 heteroatoms. The predicted octanol–water partition coefficient (Wildman–Crippen LogP) is 4.48. The molecule has 0 radical (unpaired) electrons. The van der Waals surface area contributed by atoms with Crippen molar-refractivity contribution < 1.29 is 9.53 Å². The molecule has 2 aromatic carbocycles. The average Bonchev–Trinajstić information content (AvgIpc) is 3.45. The predicted molar refractivity (Wildman–Crippen MR) is 138 cm³/mol. The molecule has 35 heavy (non-hydrogen) atoms. The minimum Gasteiger partial charge on any atom is -0.379 e. The van der Waals surface area contributed by atoms with Crippen molar-refractivity contribution in [3.8, 4) is 11.4 Å². The number of aromatic nitrogens is 3. The molecule has 1 amide bonds. The topological polar surface area (TPSA) is 95.2 Å². The van der Waals surface area contributed by atoms with Gasteiger partial charge < -0.3 is 25.3 Å². The quantitative estimate of drug-likeness (QED) is 0.370. The van der Waals surface area contributed by atoms with Gasteiger partial charge in [-0.3, -0.25) is 9.78 Å². The zero-order valence-corrected chi connectivity index (χ0v) is 19.6. The van der Waals surface area contributed by atoms with E-state index in [-0.39, 0.29) is 5.91 Å². The maximum Gasteiger partial charge on any atom is 0.255 e. The minimum atomic E-state index is -0.156. The van der Waals surface area contributed by atoms with E-state index in [0.29, 0.717) is 12.1 Å². The van der Waals surface area contributed by atoms with Crippen LogP contribution in [0, 0.1) is 6.92 Å². The van der Waals surface area contributed by atoms with Gasteiger partial charge >= 0.3 is 0 Å². The molecule has 0 spiro atoms. The second kappa shape index (κ2) is 10.4. The summed E-state index contributed by atoms with van der Waals surface area (Å²) in [4.78, 5) is 27.1. The Kier molecular flexibility index (Phi) is 6.72. The summed E-state index contributed by atoms with van der Waals surface area (Å²) in [6.07, 6.45) is 5.40. The summed E-state index contributed by atoms with van der Waals surface area (Å²) >= 11 is 0. The van der Waals surface area contributed by atoms with Crippen molar-refractivity contribution in [3.05, 3.63) is 90.0 Å². The van der Waals surface area contributed by atoms with E-state index in [1.165, 1.54) is 0 Å². The van der Waals surface area contributed by atoms with Crippen molar-refractivity contribution in [1.29, 1.82) is 0 Å². The number of rotatable bonds is 7. The summed E-state index contributed by atoms with van der Waals surface area (Å²) in [6.45, 7) is 5.88. The highest BCUT2D eigenvalue weighted by atomic mass is 16.5. The SMILES string of the molecule is Cc1ccc(-c2ncc[nH]2)cc1NC(=O)c1ccc(NCc2ccc(N3CCOCC3)cn2)cc1. The van der Waals surface area contributed by atoms with Crippen LogP contribution in [0.5, 0.6) is 0 Å². The second-order valence-electron chi connectivity index (χ2n) is 8.46. The number of ether oxygens (including phenoxy) is 1. The number of morpholine rings is 1. The molecule has 3 heterocycles. The number of nitrogens with one attached hydrogen (secondary N) is 3. The number of imidazole rings is 1. The van der Waals surface area contributed by atoms with Crippen LogP contribution >= 0.6 is 0 Å². The van der Waals surface area contributed by atoms with Gasteiger partial charge in [0.15, 0.2) is 0 Å². The molecule has 8 nitrogen and oxygen atoms in total. The zero-order valence-electron chi connectivity index (χ0n) is 19.6. The Hall–Kier alpha value is -4.17. The van der Waals surface area contributed by atoms with E-state index in [4.69, 9.17) is 4.74 Å². The van der Waals surface area contributed by atoms with Gasteiger partial charge in [-0.15, -0.1) is 0 Å². The minimum absolute atomic E-state index is 0.156. The van der Waals surface area contributed by atoms with Crippen LogP contribution in [0.3, 0.4) is 0 Å². The molecule has 0 saturated carbocycles. The van der Waals surface area contributed by atoms with Gasteiger partial charge in [-0.1, -0.05) is 12.1 Å². The van der Waals surface area contributed by atoms with E-state index >= 15 is 0 Å². The van der Waals surface area contributed by atoms with Crippen LogP contribution in [0.25, 0.3) is 11.4 Å². The fourth-order valence-electron chi connectivity index (χ4n) is 3.98. The molecule has 1 aliphatic heterocycles. The fourth-order valence-corrected chi connectivity index (χ4v) is 3.98. The molecule has 0 bridgehead atoms. The van der Waals surface area contributed by atoms with E-state index in [1.807, 2.05) is 61.7 Å².